The van der Waals surface area contributed by atoms with Crippen molar-refractivity contribution in [1.29, 1.82) is 0 Å². The van der Waals surface area contributed by atoms with E-state index in [-0.39, 0.29) is 17.9 Å². The van der Waals surface area contributed by atoms with Gasteiger partial charge in [0.05, 0.1) is 12.0 Å². The van der Waals surface area contributed by atoms with Crippen LogP contribution >= 0.6 is 11.6 Å². The number of likely N-dealkylation sites (N-methyl/N-ethyl adjacent to an activating group) is 1. The van der Waals surface area contributed by atoms with Crippen molar-refractivity contribution in [2.45, 2.75) is 45.1 Å². The predicted molar refractivity (Wildman–Crippen MR) is 114 cm³/mol. The monoisotopic (exact) mass is 381 g/mol. The van der Waals surface area contributed by atoms with Crippen molar-refractivity contribution in [3.63, 3.8) is 0 Å². The average molecular weight is 382 g/mol. The molecule has 1 amide bonds. The fourth-order valence-corrected chi connectivity index (χ4v) is 4.39. The van der Waals surface area contributed by atoms with Gasteiger partial charge in [-0.1, -0.05) is 86.8 Å². The summed E-state index contributed by atoms with van der Waals surface area (Å²) in [5, 5.41) is 0.724. The number of benzene rings is 2. The summed E-state index contributed by atoms with van der Waals surface area (Å²) >= 11 is 6.10. The molecule has 2 atom stereocenters. The molecule has 0 N–H and O–H groups in total. The lowest BCUT2D eigenvalue weighted by molar-refractivity contribution is -0.135. The van der Waals surface area contributed by atoms with Crippen LogP contribution in [0.3, 0.4) is 0 Å². The molecule has 2 aromatic rings. The summed E-state index contributed by atoms with van der Waals surface area (Å²) in [5.74, 6) is 0.494. The summed E-state index contributed by atoms with van der Waals surface area (Å²) in [6.07, 6.45) is 7.06. The van der Waals surface area contributed by atoms with Crippen LogP contribution in [0.5, 0.6) is 0 Å². The average Bonchev–Trinajstić information content (AvgIpc) is 2.71. The Morgan fingerprint density at radius 3 is 2.44 bits per heavy atom. The minimum Gasteiger partial charge on any atom is -0.338 e. The van der Waals surface area contributed by atoms with Crippen LogP contribution in [0.2, 0.25) is 5.02 Å². The van der Waals surface area contributed by atoms with Crippen LogP contribution in [0.25, 0.3) is 6.08 Å². The second kappa shape index (κ2) is 8.75. The van der Waals surface area contributed by atoms with Crippen LogP contribution in [0, 0.1) is 5.92 Å². The molecule has 3 rings (SSSR count). The summed E-state index contributed by atoms with van der Waals surface area (Å²) in [4.78, 5) is 15.5. The maximum absolute atomic E-state index is 13.5. The molecule has 2 nitrogen and oxygen atoms in total. The highest BCUT2D eigenvalue weighted by Gasteiger charge is 2.33. The smallest absolute Gasteiger partial charge is 0.230 e. The Kier molecular flexibility index (Phi) is 6.38. The van der Waals surface area contributed by atoms with E-state index in [9.17, 15) is 4.79 Å². The quantitative estimate of drug-likeness (QED) is 0.561. The highest BCUT2D eigenvalue weighted by Crippen LogP contribution is 2.37. The Labute approximate surface area is 167 Å². The molecule has 0 radical (unpaired) electrons. The molecule has 0 spiro atoms. The molecule has 0 saturated heterocycles. The van der Waals surface area contributed by atoms with Gasteiger partial charge in [0.15, 0.2) is 0 Å². The molecule has 0 bridgehead atoms. The number of rotatable bonds is 6. The van der Waals surface area contributed by atoms with E-state index in [1.807, 2.05) is 36.2 Å². The summed E-state index contributed by atoms with van der Waals surface area (Å²) < 4.78 is 0. The fourth-order valence-electron chi connectivity index (χ4n) is 4.26. The normalized spacial score (nSPS) is 16.9. The SMILES string of the molecule is CCC(CC)C(c1ccc(Cl)cc1)N(C)C(=O)C1CC=Cc2ccccc21. The van der Waals surface area contributed by atoms with E-state index in [0.717, 1.165) is 41.0 Å². The summed E-state index contributed by atoms with van der Waals surface area (Å²) in [7, 11) is 1.96. The van der Waals surface area contributed by atoms with Crippen LogP contribution in [0.1, 0.15) is 61.8 Å². The molecule has 0 fully saturated rings. The highest BCUT2D eigenvalue weighted by molar-refractivity contribution is 6.30. The first-order valence-corrected chi connectivity index (χ1v) is 10.2. The van der Waals surface area contributed by atoms with Crippen LogP contribution in [0.15, 0.2) is 54.6 Å². The fraction of sp³-hybridized carbons (Fsp3) is 0.375. The Morgan fingerprint density at radius 2 is 1.78 bits per heavy atom. The topological polar surface area (TPSA) is 20.3 Å². The van der Waals surface area contributed by atoms with Crippen molar-refractivity contribution in [3.05, 3.63) is 76.3 Å². The third-order valence-electron chi connectivity index (χ3n) is 5.81. The van der Waals surface area contributed by atoms with Crippen molar-refractivity contribution in [3.8, 4) is 0 Å². The lowest BCUT2D eigenvalue weighted by Crippen LogP contribution is -2.38. The van der Waals surface area contributed by atoms with Crippen molar-refractivity contribution in [2.75, 3.05) is 7.05 Å². The van der Waals surface area contributed by atoms with Gasteiger partial charge >= 0.3 is 0 Å². The van der Waals surface area contributed by atoms with E-state index in [1.54, 1.807) is 0 Å². The Hall–Kier alpha value is -2.06. The van der Waals surface area contributed by atoms with Gasteiger partial charge in [-0.3, -0.25) is 4.79 Å². The molecule has 2 unspecified atom stereocenters. The second-order valence-corrected chi connectivity index (χ2v) is 7.78. The molecule has 2 aromatic carbocycles. The number of fused-ring (bicyclic) bond motifs is 1. The second-order valence-electron chi connectivity index (χ2n) is 7.34. The molecule has 1 aliphatic rings. The maximum atomic E-state index is 13.5. The molecule has 0 heterocycles. The number of nitrogens with zero attached hydrogens (tertiary/aromatic N) is 1. The molecule has 27 heavy (non-hydrogen) atoms. The molecule has 0 aromatic heterocycles. The summed E-state index contributed by atoms with van der Waals surface area (Å²) in [6.45, 7) is 4.40. The van der Waals surface area contributed by atoms with Gasteiger partial charge in [0.1, 0.15) is 0 Å². The van der Waals surface area contributed by atoms with Crippen LogP contribution in [0.4, 0.5) is 0 Å². The first-order chi connectivity index (χ1) is 13.1. The lowest BCUT2D eigenvalue weighted by atomic mass is 9.83. The maximum Gasteiger partial charge on any atom is 0.230 e. The minimum atomic E-state index is -0.111. The number of hydrogen-bond donors (Lipinski definition) is 0. The van der Waals surface area contributed by atoms with Gasteiger partial charge in [-0.15, -0.1) is 0 Å². The van der Waals surface area contributed by atoms with E-state index in [4.69, 9.17) is 11.6 Å². The standard InChI is InChI=1S/C24H28ClNO/c1-4-17(5-2)23(19-13-15-20(25)16-14-19)26(3)24(27)22-12-8-10-18-9-6-7-11-21(18)22/h6-11,13-17,22-23H,4-5,12H2,1-3H3. The Bertz CT molecular complexity index is 807. The number of carbonyl (C=O) groups is 1. The van der Waals surface area contributed by atoms with Crippen molar-refractivity contribution in [1.82, 2.24) is 4.90 Å². The number of carbonyl (C=O) groups excluding carboxylic acids is 1. The van der Waals surface area contributed by atoms with E-state index < -0.39 is 0 Å². The number of allylic oxidation sites excluding steroid dienone is 1. The molecular weight excluding hydrogens is 354 g/mol. The van der Waals surface area contributed by atoms with E-state index in [1.165, 1.54) is 0 Å². The van der Waals surface area contributed by atoms with Crippen LogP contribution in [-0.2, 0) is 4.79 Å². The van der Waals surface area contributed by atoms with Gasteiger partial charge in [0.2, 0.25) is 5.91 Å². The lowest BCUT2D eigenvalue weighted by Gasteiger charge is -2.37. The Balaban J connectivity index is 1.94. The first kappa shape index (κ1) is 19.7. The first-order valence-electron chi connectivity index (χ1n) is 9.84. The van der Waals surface area contributed by atoms with Crippen LogP contribution < -0.4 is 0 Å². The van der Waals surface area contributed by atoms with Crippen molar-refractivity contribution >= 4 is 23.6 Å². The van der Waals surface area contributed by atoms with Gasteiger partial charge in [0.25, 0.3) is 0 Å². The third kappa shape index (κ3) is 4.11. The van der Waals surface area contributed by atoms with E-state index in [2.05, 4.69) is 50.3 Å². The van der Waals surface area contributed by atoms with Gasteiger partial charge in [-0.25, -0.2) is 0 Å². The largest absolute Gasteiger partial charge is 0.338 e. The molecule has 1 aliphatic carbocycles. The number of hydrogen-bond acceptors (Lipinski definition) is 1. The highest BCUT2D eigenvalue weighted by atomic mass is 35.5. The molecule has 142 valence electrons. The zero-order chi connectivity index (χ0) is 19.4. The van der Waals surface area contributed by atoms with E-state index in [0.29, 0.717) is 5.92 Å². The third-order valence-corrected chi connectivity index (χ3v) is 6.06. The molecule has 3 heteroatoms. The van der Waals surface area contributed by atoms with Crippen molar-refractivity contribution < 1.29 is 4.79 Å². The minimum absolute atomic E-state index is 0.0582. The van der Waals surface area contributed by atoms with E-state index >= 15 is 0 Å². The number of amides is 1. The molecule has 0 aliphatic heterocycles. The summed E-state index contributed by atoms with van der Waals surface area (Å²) in [6, 6.07) is 16.2. The van der Waals surface area contributed by atoms with Gasteiger partial charge < -0.3 is 4.90 Å². The zero-order valence-corrected chi connectivity index (χ0v) is 17.1. The van der Waals surface area contributed by atoms with Gasteiger partial charge in [0, 0.05) is 12.1 Å². The zero-order valence-electron chi connectivity index (χ0n) is 16.4. The number of halogens is 1. The van der Waals surface area contributed by atoms with Crippen molar-refractivity contribution in [2.24, 2.45) is 5.92 Å². The molecular formula is C24H28ClNO. The van der Waals surface area contributed by atoms with Gasteiger partial charge in [-0.2, -0.15) is 0 Å². The van der Waals surface area contributed by atoms with Gasteiger partial charge in [-0.05, 0) is 41.2 Å². The van der Waals surface area contributed by atoms with Crippen LogP contribution in [-0.4, -0.2) is 17.9 Å². The predicted octanol–water partition coefficient (Wildman–Crippen LogP) is 6.48. The molecule has 0 saturated carbocycles. The summed E-state index contributed by atoms with van der Waals surface area (Å²) in [5.41, 5.74) is 3.45. The Morgan fingerprint density at radius 1 is 1.11 bits per heavy atom.